The molecule has 0 bridgehead atoms. The quantitative estimate of drug-likeness (QED) is 0.576. The molecule has 5 nitrogen and oxygen atoms in total. The second-order valence-corrected chi connectivity index (χ2v) is 4.44. The number of rotatable bonds is 4. The van der Waals surface area contributed by atoms with Crippen molar-refractivity contribution in [3.63, 3.8) is 0 Å². The smallest absolute Gasteiger partial charge is 0.446 e. The molecule has 0 aromatic carbocycles. The third-order valence-electron chi connectivity index (χ3n) is 1.62. The third kappa shape index (κ3) is 3.13. The monoisotopic (exact) mass is 277 g/mol. The van der Waals surface area contributed by atoms with Crippen molar-refractivity contribution in [2.24, 2.45) is 0 Å². The highest BCUT2D eigenvalue weighted by molar-refractivity contribution is 7.80. The van der Waals surface area contributed by atoms with E-state index in [0.29, 0.717) is 0 Å². The van der Waals surface area contributed by atoms with Gasteiger partial charge in [-0.3, -0.25) is 0 Å². The van der Waals surface area contributed by atoms with Gasteiger partial charge in [0.2, 0.25) is 0 Å². The van der Waals surface area contributed by atoms with Crippen LogP contribution < -0.4 is 0 Å². The summed E-state index contributed by atoms with van der Waals surface area (Å²) in [6, 6.07) is 0. The molecule has 8 heteroatoms. The molecular formula is C8H6O5PS2+. The topological polar surface area (TPSA) is 54.0 Å². The molecule has 0 N–H and O–H groups in total. The summed E-state index contributed by atoms with van der Waals surface area (Å²) in [6.07, 6.45) is 4.63. The Morgan fingerprint density at radius 3 is 1.81 bits per heavy atom. The van der Waals surface area contributed by atoms with Crippen LogP contribution in [0.3, 0.4) is 0 Å². The van der Waals surface area contributed by atoms with Crippen molar-refractivity contribution in [2.45, 2.75) is 12.6 Å². The van der Waals surface area contributed by atoms with Gasteiger partial charge >= 0.3 is 8.25 Å². The predicted molar refractivity (Wildman–Crippen MR) is 63.0 cm³/mol. The first-order valence-corrected chi connectivity index (χ1v) is 6.13. The third-order valence-corrected chi connectivity index (χ3v) is 2.85. The molecule has 2 rings (SSSR count). The minimum Gasteiger partial charge on any atom is -0.446 e. The van der Waals surface area contributed by atoms with Crippen molar-refractivity contribution in [3.8, 4) is 0 Å². The summed E-state index contributed by atoms with van der Waals surface area (Å²) in [5.74, 6) is 0. The van der Waals surface area contributed by atoms with Crippen molar-refractivity contribution >= 4 is 42.8 Å². The summed E-state index contributed by atoms with van der Waals surface area (Å²) in [6.45, 7) is 0. The maximum absolute atomic E-state index is 11.4. The van der Waals surface area contributed by atoms with Gasteiger partial charge in [-0.15, -0.1) is 0 Å². The molecule has 0 saturated carbocycles. The Labute approximate surface area is 103 Å². The van der Waals surface area contributed by atoms with E-state index in [9.17, 15) is 4.57 Å². The zero-order chi connectivity index (χ0) is 11.5. The van der Waals surface area contributed by atoms with Gasteiger partial charge in [-0.2, -0.15) is 0 Å². The van der Waals surface area contributed by atoms with Gasteiger partial charge in [-0.1, -0.05) is 9.05 Å². The number of hydrogen-bond acceptors (Lipinski definition) is 7. The highest BCUT2D eigenvalue weighted by Crippen LogP contribution is 2.32. The highest BCUT2D eigenvalue weighted by Gasteiger charge is 2.35. The van der Waals surface area contributed by atoms with Crippen LogP contribution >= 0.6 is 32.7 Å². The lowest BCUT2D eigenvalue weighted by Gasteiger charge is -2.03. The Kier molecular flexibility index (Phi) is 3.73. The van der Waals surface area contributed by atoms with Crippen LogP contribution in [-0.2, 0) is 23.1 Å². The highest BCUT2D eigenvalue weighted by atomic mass is 32.1. The first-order chi connectivity index (χ1) is 7.63. The fourth-order valence-corrected chi connectivity index (χ4v) is 1.97. The van der Waals surface area contributed by atoms with Crippen molar-refractivity contribution < 1.29 is 23.1 Å². The molecule has 2 atom stereocenters. The molecule has 84 valence electrons. The number of hydrogen-bond donors (Lipinski definition) is 0. The van der Waals surface area contributed by atoms with Gasteiger partial charge in [0.15, 0.2) is 10.1 Å². The molecule has 0 fully saturated rings. The van der Waals surface area contributed by atoms with Gasteiger partial charge in [0, 0.05) is 4.57 Å². The Bertz CT molecular complexity index is 369. The maximum Gasteiger partial charge on any atom is 0.705 e. The lowest BCUT2D eigenvalue weighted by Crippen LogP contribution is -2.11. The SMILES string of the molecule is O=[P+](OC1C=CC(=S)O1)OC1C=CC(=S)O1. The normalized spacial score (nSPS) is 28.1. The molecule has 2 aliphatic heterocycles. The van der Waals surface area contributed by atoms with Crippen LogP contribution in [0.5, 0.6) is 0 Å². The molecular weight excluding hydrogens is 271 g/mol. The first-order valence-electron chi connectivity index (χ1n) is 4.22. The molecule has 0 amide bonds. The first kappa shape index (κ1) is 11.8. The summed E-state index contributed by atoms with van der Waals surface area (Å²) in [4.78, 5) is 0. The average Bonchev–Trinajstić information content (AvgIpc) is 2.76. The van der Waals surface area contributed by atoms with E-state index in [4.69, 9.17) is 43.0 Å². The minimum atomic E-state index is -2.36. The molecule has 0 aromatic rings. The largest absolute Gasteiger partial charge is 0.705 e. The summed E-state index contributed by atoms with van der Waals surface area (Å²) in [7, 11) is -2.36. The summed E-state index contributed by atoms with van der Waals surface area (Å²) < 4.78 is 31.1. The molecule has 0 spiro atoms. The lowest BCUT2D eigenvalue weighted by molar-refractivity contribution is 0.00194. The minimum absolute atomic E-state index is 0.284. The van der Waals surface area contributed by atoms with E-state index in [1.807, 2.05) is 0 Å². The van der Waals surface area contributed by atoms with E-state index in [1.165, 1.54) is 12.2 Å². The van der Waals surface area contributed by atoms with E-state index in [0.717, 1.165) is 0 Å². The van der Waals surface area contributed by atoms with Gasteiger partial charge in [0.05, 0.1) is 0 Å². The van der Waals surface area contributed by atoms with Gasteiger partial charge in [-0.05, 0) is 48.7 Å². The van der Waals surface area contributed by atoms with Crippen LogP contribution in [0.1, 0.15) is 0 Å². The fraction of sp³-hybridized carbons (Fsp3) is 0.250. The van der Waals surface area contributed by atoms with Crippen molar-refractivity contribution in [3.05, 3.63) is 24.3 Å². The van der Waals surface area contributed by atoms with Crippen LogP contribution in [0.15, 0.2) is 24.3 Å². The van der Waals surface area contributed by atoms with Crippen molar-refractivity contribution in [1.82, 2.24) is 0 Å². The lowest BCUT2D eigenvalue weighted by atomic mass is 10.6. The van der Waals surface area contributed by atoms with Crippen LogP contribution in [0, 0.1) is 0 Å². The van der Waals surface area contributed by atoms with Crippen LogP contribution in [0.4, 0.5) is 0 Å². The molecule has 0 radical (unpaired) electrons. The van der Waals surface area contributed by atoms with E-state index in [2.05, 4.69) is 0 Å². The molecule has 2 heterocycles. The Morgan fingerprint density at radius 1 is 1.06 bits per heavy atom. The Hall–Kier alpha value is -0.720. The van der Waals surface area contributed by atoms with E-state index >= 15 is 0 Å². The summed E-state index contributed by atoms with van der Waals surface area (Å²) >= 11 is 9.46. The Morgan fingerprint density at radius 2 is 1.50 bits per heavy atom. The fourth-order valence-electron chi connectivity index (χ4n) is 1.01. The molecule has 0 saturated heterocycles. The van der Waals surface area contributed by atoms with Crippen molar-refractivity contribution in [1.29, 1.82) is 0 Å². The van der Waals surface area contributed by atoms with Gasteiger partial charge < -0.3 is 9.47 Å². The molecule has 0 aliphatic carbocycles. The van der Waals surface area contributed by atoms with E-state index < -0.39 is 20.8 Å². The average molecular weight is 277 g/mol. The summed E-state index contributed by atoms with van der Waals surface area (Å²) in [5.41, 5.74) is 0. The molecule has 2 aliphatic rings. The van der Waals surface area contributed by atoms with Crippen LogP contribution in [0.2, 0.25) is 0 Å². The van der Waals surface area contributed by atoms with Gasteiger partial charge in [0.25, 0.3) is 12.6 Å². The molecule has 0 aromatic heterocycles. The zero-order valence-corrected chi connectivity index (χ0v) is 10.3. The predicted octanol–water partition coefficient (Wildman–Crippen LogP) is 2.16. The summed E-state index contributed by atoms with van der Waals surface area (Å²) in [5, 5.41) is 0.568. The zero-order valence-electron chi connectivity index (χ0n) is 7.77. The van der Waals surface area contributed by atoms with Gasteiger partial charge in [0.1, 0.15) is 0 Å². The van der Waals surface area contributed by atoms with E-state index in [-0.39, 0.29) is 10.1 Å². The van der Waals surface area contributed by atoms with Gasteiger partial charge in [-0.25, -0.2) is 0 Å². The maximum atomic E-state index is 11.4. The second kappa shape index (κ2) is 5.07. The molecule has 2 unspecified atom stereocenters. The van der Waals surface area contributed by atoms with Crippen molar-refractivity contribution in [2.75, 3.05) is 0 Å². The standard InChI is InChI=1S/C8H6O5PS2/c9-14(12-5-1-3-7(15)10-5)13-6-2-4-8(16)11-6/h1-6H/q+1. The van der Waals surface area contributed by atoms with E-state index in [1.54, 1.807) is 12.2 Å². The second-order valence-electron chi connectivity index (χ2n) is 2.76. The molecule has 16 heavy (non-hydrogen) atoms. The van der Waals surface area contributed by atoms with Crippen LogP contribution in [0.25, 0.3) is 0 Å². The van der Waals surface area contributed by atoms with Crippen LogP contribution in [-0.4, -0.2) is 22.7 Å². The Balaban J connectivity index is 1.77. The number of ether oxygens (including phenoxy) is 2. The number of thiocarbonyl (C=S) groups is 2.